The Balaban J connectivity index is 1.96. The first-order valence-corrected chi connectivity index (χ1v) is 34.7. The lowest BCUT2D eigenvalue weighted by molar-refractivity contribution is -0.302. The summed E-state index contributed by atoms with van der Waals surface area (Å²) in [6.45, 7) is 3.88. The highest BCUT2D eigenvalue weighted by Gasteiger charge is 2.44. The van der Waals surface area contributed by atoms with Crippen molar-refractivity contribution in [1.29, 1.82) is 0 Å². The van der Waals surface area contributed by atoms with Crippen LogP contribution in [0.4, 0.5) is 0 Å². The fraction of sp³-hybridized carbons (Fsp3) is 0.985. The van der Waals surface area contributed by atoms with E-state index in [2.05, 4.69) is 19.2 Å². The van der Waals surface area contributed by atoms with Crippen molar-refractivity contribution < 1.29 is 39.8 Å². The average molecular weight is 1090 g/mol. The van der Waals surface area contributed by atoms with E-state index in [0.717, 1.165) is 38.5 Å². The lowest BCUT2D eigenvalue weighted by atomic mass is 9.99. The molecule has 1 amide bonds. The van der Waals surface area contributed by atoms with E-state index in [-0.39, 0.29) is 12.5 Å². The van der Waals surface area contributed by atoms with E-state index in [1.165, 1.54) is 308 Å². The molecule has 9 nitrogen and oxygen atoms in total. The standard InChI is InChI=1S/C68H135NO8/c1-3-5-7-9-11-13-15-17-18-19-20-21-22-23-24-25-26-27-28-29-30-31-32-33-34-35-36-37-38-39-40-41-42-43-44-46-48-50-52-54-56-58-64(72)69-61(60-76-68-67(75)66(74)65(73)63(59-70)77-68)62(71)57-55-53-51-49-47-45-16-14-12-10-8-6-4-2/h61-63,65-68,70-71,73-75H,3-60H2,1-2H3,(H,69,72). The molecule has 0 aromatic rings. The van der Waals surface area contributed by atoms with Gasteiger partial charge in [-0.05, 0) is 12.8 Å². The van der Waals surface area contributed by atoms with Crippen LogP contribution in [0.15, 0.2) is 0 Å². The molecule has 9 heteroatoms. The van der Waals surface area contributed by atoms with E-state index >= 15 is 0 Å². The molecule has 7 atom stereocenters. The van der Waals surface area contributed by atoms with Crippen molar-refractivity contribution in [1.82, 2.24) is 5.32 Å². The number of nitrogens with one attached hydrogen (secondary N) is 1. The Morgan fingerprint density at radius 1 is 0.390 bits per heavy atom. The van der Waals surface area contributed by atoms with Crippen LogP contribution >= 0.6 is 0 Å². The molecule has 1 saturated heterocycles. The summed E-state index contributed by atoms with van der Waals surface area (Å²) in [5.41, 5.74) is 0. The average Bonchev–Trinajstić information content (AvgIpc) is 3.43. The molecule has 77 heavy (non-hydrogen) atoms. The van der Waals surface area contributed by atoms with Crippen LogP contribution in [0.2, 0.25) is 0 Å². The predicted molar refractivity (Wildman–Crippen MR) is 328 cm³/mol. The fourth-order valence-electron chi connectivity index (χ4n) is 11.8. The minimum absolute atomic E-state index is 0.131. The number of aliphatic hydroxyl groups excluding tert-OH is 5. The number of aliphatic hydroxyl groups is 5. The van der Waals surface area contributed by atoms with Gasteiger partial charge in [-0.3, -0.25) is 4.79 Å². The van der Waals surface area contributed by atoms with Gasteiger partial charge in [0.05, 0.1) is 25.4 Å². The van der Waals surface area contributed by atoms with Crippen molar-refractivity contribution in [3.8, 4) is 0 Å². The van der Waals surface area contributed by atoms with E-state index in [0.29, 0.717) is 12.8 Å². The maximum atomic E-state index is 13.1. The molecule has 0 aromatic carbocycles. The smallest absolute Gasteiger partial charge is 0.220 e. The number of hydrogen-bond donors (Lipinski definition) is 6. The molecular formula is C68H135NO8. The van der Waals surface area contributed by atoms with Crippen LogP contribution in [0, 0.1) is 0 Å². The number of unbranched alkanes of at least 4 members (excludes halogenated alkanes) is 52. The van der Waals surface area contributed by atoms with Crippen LogP contribution in [0.1, 0.15) is 373 Å². The van der Waals surface area contributed by atoms with Crippen molar-refractivity contribution in [2.75, 3.05) is 13.2 Å². The lowest BCUT2D eigenvalue weighted by Crippen LogP contribution is -2.60. The highest BCUT2D eigenvalue weighted by atomic mass is 16.7. The molecule has 7 unspecified atom stereocenters. The Morgan fingerprint density at radius 2 is 0.649 bits per heavy atom. The van der Waals surface area contributed by atoms with E-state index in [9.17, 15) is 30.3 Å². The van der Waals surface area contributed by atoms with E-state index in [4.69, 9.17) is 9.47 Å². The highest BCUT2D eigenvalue weighted by molar-refractivity contribution is 5.76. The minimum Gasteiger partial charge on any atom is -0.394 e. The monoisotopic (exact) mass is 1090 g/mol. The molecule has 1 aliphatic heterocycles. The number of carbonyl (C=O) groups excluding carboxylic acids is 1. The molecular weight excluding hydrogens is 959 g/mol. The predicted octanol–water partition coefficient (Wildman–Crippen LogP) is 18.5. The maximum Gasteiger partial charge on any atom is 0.220 e. The Labute approximate surface area is 478 Å². The molecule has 1 aliphatic rings. The van der Waals surface area contributed by atoms with Crippen LogP contribution in [0.25, 0.3) is 0 Å². The first-order chi connectivity index (χ1) is 37.8. The largest absolute Gasteiger partial charge is 0.394 e. The van der Waals surface area contributed by atoms with Crippen LogP contribution < -0.4 is 5.32 Å². The summed E-state index contributed by atoms with van der Waals surface area (Å²) in [7, 11) is 0. The van der Waals surface area contributed by atoms with E-state index in [1.54, 1.807) is 0 Å². The second-order valence-corrected chi connectivity index (χ2v) is 24.7. The third kappa shape index (κ3) is 47.4. The Bertz CT molecular complexity index is 1180. The van der Waals surface area contributed by atoms with Gasteiger partial charge in [-0.1, -0.05) is 354 Å². The second-order valence-electron chi connectivity index (χ2n) is 24.7. The summed E-state index contributed by atoms with van der Waals surface area (Å²) in [5.74, 6) is -0.136. The van der Waals surface area contributed by atoms with E-state index in [1.807, 2.05) is 0 Å². The molecule has 0 saturated carbocycles. The fourth-order valence-corrected chi connectivity index (χ4v) is 11.8. The molecule has 0 spiro atoms. The molecule has 0 radical (unpaired) electrons. The molecule has 1 heterocycles. The summed E-state index contributed by atoms with van der Waals surface area (Å²) < 4.78 is 11.3. The quantitative estimate of drug-likeness (QED) is 0.0330. The van der Waals surface area contributed by atoms with Crippen molar-refractivity contribution >= 4 is 5.91 Å². The maximum absolute atomic E-state index is 13.1. The van der Waals surface area contributed by atoms with Gasteiger partial charge in [0.1, 0.15) is 24.4 Å². The van der Waals surface area contributed by atoms with Gasteiger partial charge in [0.25, 0.3) is 0 Å². The first-order valence-electron chi connectivity index (χ1n) is 34.7. The van der Waals surface area contributed by atoms with Crippen LogP contribution in [-0.2, 0) is 14.3 Å². The third-order valence-corrected chi connectivity index (χ3v) is 17.2. The Kier molecular flexibility index (Phi) is 56.3. The minimum atomic E-state index is -1.55. The molecule has 1 fully saturated rings. The SMILES string of the molecule is CCCCCCCCCCCCCCCCCCCCCCCCCCCCCCCCCCCCCCCCCCCC(=O)NC(COC1OC(CO)C(O)C(O)C1O)C(O)CCCCCCCCCCCCCCC. The van der Waals surface area contributed by atoms with Crippen molar-refractivity contribution in [3.63, 3.8) is 0 Å². The van der Waals surface area contributed by atoms with E-state index < -0.39 is 49.5 Å². The molecule has 0 aliphatic carbocycles. The van der Waals surface area contributed by atoms with Gasteiger partial charge in [-0.2, -0.15) is 0 Å². The summed E-state index contributed by atoms with van der Waals surface area (Å²) >= 11 is 0. The van der Waals surface area contributed by atoms with Gasteiger partial charge in [0.2, 0.25) is 5.91 Å². The van der Waals surface area contributed by atoms with Gasteiger partial charge in [0.15, 0.2) is 6.29 Å². The molecule has 6 N–H and O–H groups in total. The van der Waals surface area contributed by atoms with Gasteiger partial charge < -0.3 is 40.3 Å². The summed E-state index contributed by atoms with van der Waals surface area (Å²) in [6, 6.07) is -0.713. The number of carbonyl (C=O) groups is 1. The Morgan fingerprint density at radius 3 is 0.922 bits per heavy atom. The molecule has 0 aromatic heterocycles. The van der Waals surface area contributed by atoms with Crippen LogP contribution in [-0.4, -0.2) is 87.5 Å². The van der Waals surface area contributed by atoms with Gasteiger partial charge in [0, 0.05) is 6.42 Å². The number of ether oxygens (including phenoxy) is 2. The number of hydrogen-bond acceptors (Lipinski definition) is 8. The normalized spacial score (nSPS) is 18.6. The summed E-state index contributed by atoms with van der Waals surface area (Å²) in [6.07, 6.45) is 66.4. The van der Waals surface area contributed by atoms with Gasteiger partial charge >= 0.3 is 0 Å². The van der Waals surface area contributed by atoms with Crippen LogP contribution in [0.3, 0.4) is 0 Å². The summed E-state index contributed by atoms with van der Waals surface area (Å²) in [5, 5.41) is 54.7. The van der Waals surface area contributed by atoms with Gasteiger partial charge in [-0.15, -0.1) is 0 Å². The van der Waals surface area contributed by atoms with Crippen molar-refractivity contribution in [2.24, 2.45) is 0 Å². The van der Waals surface area contributed by atoms with Crippen molar-refractivity contribution in [3.05, 3.63) is 0 Å². The second kappa shape index (κ2) is 58.4. The third-order valence-electron chi connectivity index (χ3n) is 17.2. The molecule has 0 bridgehead atoms. The van der Waals surface area contributed by atoms with Gasteiger partial charge in [-0.25, -0.2) is 0 Å². The molecule has 460 valence electrons. The Hall–Kier alpha value is -0.810. The zero-order chi connectivity index (χ0) is 55.8. The number of rotatable bonds is 62. The first kappa shape index (κ1) is 74.2. The molecule has 1 rings (SSSR count). The summed E-state index contributed by atoms with van der Waals surface area (Å²) in [4.78, 5) is 13.1. The zero-order valence-electron chi connectivity index (χ0n) is 51.5. The zero-order valence-corrected chi connectivity index (χ0v) is 51.5. The highest BCUT2D eigenvalue weighted by Crippen LogP contribution is 2.24. The topological polar surface area (TPSA) is 149 Å². The number of amides is 1. The van der Waals surface area contributed by atoms with Crippen LogP contribution in [0.5, 0.6) is 0 Å². The van der Waals surface area contributed by atoms with Crippen molar-refractivity contribution in [2.45, 2.75) is 416 Å². The lowest BCUT2D eigenvalue weighted by Gasteiger charge is -2.40.